The third-order valence-electron chi connectivity index (χ3n) is 8.48. The second kappa shape index (κ2) is 8.59. The van der Waals surface area contributed by atoms with Crippen LogP contribution in [-0.4, -0.2) is 28.2 Å². The predicted octanol–water partition coefficient (Wildman–Crippen LogP) is 5.30. The normalized spacial score (nSPS) is 40.9. The van der Waals surface area contributed by atoms with Crippen molar-refractivity contribution in [2.24, 2.45) is 29.1 Å². The highest BCUT2D eigenvalue weighted by molar-refractivity contribution is 5.93. The second-order valence-electron chi connectivity index (χ2n) is 10.6. The van der Waals surface area contributed by atoms with Crippen LogP contribution in [0.4, 0.5) is 0 Å². The molecule has 0 saturated heterocycles. The zero-order chi connectivity index (χ0) is 21.5. The van der Waals surface area contributed by atoms with Crippen LogP contribution in [0.2, 0.25) is 0 Å². The van der Waals surface area contributed by atoms with Gasteiger partial charge in [-0.25, -0.2) is 0 Å². The molecule has 0 bridgehead atoms. The Morgan fingerprint density at radius 3 is 2.70 bits per heavy atom. The molecule has 0 aromatic carbocycles. The molecule has 0 unspecified atom stereocenters. The van der Waals surface area contributed by atoms with Crippen molar-refractivity contribution in [3.8, 4) is 0 Å². The molecule has 0 spiro atoms. The van der Waals surface area contributed by atoms with Crippen molar-refractivity contribution >= 4 is 5.78 Å². The van der Waals surface area contributed by atoms with Gasteiger partial charge in [0.15, 0.2) is 5.78 Å². The summed E-state index contributed by atoms with van der Waals surface area (Å²) in [7, 11) is 0. The van der Waals surface area contributed by atoms with Gasteiger partial charge in [-0.05, 0) is 91.8 Å². The molecule has 0 aromatic rings. The first-order valence-corrected chi connectivity index (χ1v) is 12.0. The Kier molecular flexibility index (Phi) is 6.23. The van der Waals surface area contributed by atoms with Gasteiger partial charge in [0.05, 0.1) is 12.2 Å². The molecular weight excluding hydrogens is 372 g/mol. The maximum atomic E-state index is 12.1. The molecule has 0 radical (unpaired) electrons. The Balaban J connectivity index is 1.49. The van der Waals surface area contributed by atoms with E-state index in [1.54, 1.807) is 0 Å². The van der Waals surface area contributed by atoms with Gasteiger partial charge in [-0.2, -0.15) is 0 Å². The van der Waals surface area contributed by atoms with Gasteiger partial charge >= 0.3 is 0 Å². The van der Waals surface area contributed by atoms with E-state index in [1.807, 2.05) is 6.08 Å². The summed E-state index contributed by atoms with van der Waals surface area (Å²) >= 11 is 0. The second-order valence-corrected chi connectivity index (χ2v) is 10.6. The first kappa shape index (κ1) is 21.8. The van der Waals surface area contributed by atoms with Gasteiger partial charge in [0.2, 0.25) is 0 Å². The van der Waals surface area contributed by atoms with Crippen LogP contribution in [0.3, 0.4) is 0 Å². The average molecular weight is 411 g/mol. The molecule has 2 N–H and O–H groups in total. The number of aliphatic hydroxyl groups is 2. The summed E-state index contributed by atoms with van der Waals surface area (Å²) < 4.78 is 0. The van der Waals surface area contributed by atoms with Gasteiger partial charge < -0.3 is 10.2 Å². The fourth-order valence-corrected chi connectivity index (χ4v) is 6.49. The van der Waals surface area contributed by atoms with E-state index in [0.29, 0.717) is 42.3 Å². The molecule has 0 aliphatic heterocycles. The number of hydrogen-bond donors (Lipinski definition) is 2. The Morgan fingerprint density at radius 1 is 1.20 bits per heavy atom. The zero-order valence-corrected chi connectivity index (χ0v) is 18.6. The lowest BCUT2D eigenvalue weighted by Gasteiger charge is -2.44. The molecule has 4 aliphatic carbocycles. The van der Waals surface area contributed by atoms with Crippen LogP contribution >= 0.6 is 0 Å². The largest absolute Gasteiger partial charge is 0.393 e. The highest BCUT2D eigenvalue weighted by Crippen LogP contribution is 2.59. The molecule has 30 heavy (non-hydrogen) atoms. The van der Waals surface area contributed by atoms with E-state index in [0.717, 1.165) is 30.4 Å². The fraction of sp³-hybridized carbons (Fsp3) is 0.667. The van der Waals surface area contributed by atoms with E-state index < -0.39 is 12.2 Å². The highest BCUT2D eigenvalue weighted by atomic mass is 16.3. The summed E-state index contributed by atoms with van der Waals surface area (Å²) in [5.41, 5.74) is 3.56. The SMILES string of the molecule is C=C1/C(=C\C=C2/CCC[C@]3(C)[C@H]2CC[C@H]3[C@@H](C)/C=C/C(=O)C2CC2)C[C@H](O)C[C@H]1O. The molecule has 164 valence electrons. The third-order valence-corrected chi connectivity index (χ3v) is 8.48. The summed E-state index contributed by atoms with van der Waals surface area (Å²) in [5.74, 6) is 2.28. The number of fused-ring (bicyclic) bond motifs is 1. The van der Waals surface area contributed by atoms with Crippen LogP contribution in [0, 0.1) is 29.1 Å². The number of allylic oxidation sites excluding steroid dienone is 5. The minimum atomic E-state index is -0.628. The monoisotopic (exact) mass is 410 g/mol. The number of aliphatic hydroxyl groups excluding tert-OH is 2. The van der Waals surface area contributed by atoms with Gasteiger partial charge in [-0.15, -0.1) is 0 Å². The minimum absolute atomic E-state index is 0.289. The van der Waals surface area contributed by atoms with Crippen LogP contribution in [0.1, 0.15) is 71.6 Å². The van der Waals surface area contributed by atoms with Crippen LogP contribution in [0.5, 0.6) is 0 Å². The lowest BCUT2D eigenvalue weighted by molar-refractivity contribution is -0.115. The molecule has 4 rings (SSSR count). The Labute approximate surface area is 181 Å². The van der Waals surface area contributed by atoms with Crippen LogP contribution in [0.25, 0.3) is 0 Å². The minimum Gasteiger partial charge on any atom is -0.393 e. The molecule has 0 aromatic heterocycles. The molecule has 4 saturated carbocycles. The van der Waals surface area contributed by atoms with E-state index in [9.17, 15) is 15.0 Å². The molecule has 4 fully saturated rings. The number of hydrogen-bond acceptors (Lipinski definition) is 3. The van der Waals surface area contributed by atoms with E-state index >= 15 is 0 Å². The third kappa shape index (κ3) is 4.29. The standard InChI is InChI=1S/C27H38O3/c1-17(6-13-25(29)20-8-9-20)23-11-12-24-19(5-4-14-27(23,24)3)7-10-21-15-22(28)16-26(30)18(21)2/h6-7,10,13,17,20,22-24,26,28,30H,2,4-5,8-9,11-12,14-16H2,1,3H3/b13-6+,19-7+,21-10-/t17-,22-,23-,24-,26+,27-/m0/s1. The van der Waals surface area contributed by atoms with Gasteiger partial charge in [-0.1, -0.05) is 44.2 Å². The van der Waals surface area contributed by atoms with E-state index in [1.165, 1.54) is 31.3 Å². The fourth-order valence-electron chi connectivity index (χ4n) is 6.49. The number of carbonyl (C=O) groups excluding carboxylic acids is 1. The van der Waals surface area contributed by atoms with Crippen LogP contribution in [0.15, 0.2) is 47.6 Å². The van der Waals surface area contributed by atoms with Gasteiger partial charge in [0, 0.05) is 12.3 Å². The van der Waals surface area contributed by atoms with Gasteiger partial charge in [0.1, 0.15) is 0 Å². The highest BCUT2D eigenvalue weighted by Gasteiger charge is 2.50. The molecule has 6 atom stereocenters. The van der Waals surface area contributed by atoms with Gasteiger partial charge in [0.25, 0.3) is 0 Å². The predicted molar refractivity (Wildman–Crippen MR) is 121 cm³/mol. The van der Waals surface area contributed by atoms with Crippen molar-refractivity contribution in [2.75, 3.05) is 0 Å². The smallest absolute Gasteiger partial charge is 0.158 e. The summed E-state index contributed by atoms with van der Waals surface area (Å²) in [6.07, 6.45) is 16.5. The molecule has 3 heteroatoms. The summed E-state index contributed by atoms with van der Waals surface area (Å²) in [5, 5.41) is 20.1. The van der Waals surface area contributed by atoms with Crippen molar-refractivity contribution < 1.29 is 15.0 Å². The maximum Gasteiger partial charge on any atom is 0.158 e. The number of carbonyl (C=O) groups is 1. The molecular formula is C27H38O3. The zero-order valence-electron chi connectivity index (χ0n) is 18.6. The molecule has 4 aliphatic rings. The van der Waals surface area contributed by atoms with Crippen molar-refractivity contribution in [3.05, 3.63) is 47.6 Å². The van der Waals surface area contributed by atoms with E-state index in [-0.39, 0.29) is 5.41 Å². The number of ketones is 1. The van der Waals surface area contributed by atoms with Gasteiger partial charge in [-0.3, -0.25) is 4.79 Å². The Morgan fingerprint density at radius 2 is 1.97 bits per heavy atom. The topological polar surface area (TPSA) is 57.5 Å². The summed E-state index contributed by atoms with van der Waals surface area (Å²) in [6.45, 7) is 8.81. The van der Waals surface area contributed by atoms with Crippen LogP contribution < -0.4 is 0 Å². The quantitative estimate of drug-likeness (QED) is 0.605. The van der Waals surface area contributed by atoms with Crippen molar-refractivity contribution in [2.45, 2.75) is 83.8 Å². The lowest BCUT2D eigenvalue weighted by atomic mass is 9.61. The van der Waals surface area contributed by atoms with Crippen molar-refractivity contribution in [3.63, 3.8) is 0 Å². The summed E-state index contributed by atoms with van der Waals surface area (Å²) in [6, 6.07) is 0. The molecule has 3 nitrogen and oxygen atoms in total. The first-order valence-electron chi connectivity index (χ1n) is 12.0. The van der Waals surface area contributed by atoms with E-state index in [2.05, 4.69) is 38.7 Å². The number of rotatable bonds is 5. The van der Waals surface area contributed by atoms with Crippen LogP contribution in [-0.2, 0) is 4.79 Å². The Hall–Kier alpha value is -1.45. The lowest BCUT2D eigenvalue weighted by Crippen LogP contribution is -2.35. The maximum absolute atomic E-state index is 12.1. The Bertz CT molecular complexity index is 784. The average Bonchev–Trinajstić information content (AvgIpc) is 3.49. The van der Waals surface area contributed by atoms with E-state index in [4.69, 9.17) is 0 Å². The molecule has 0 heterocycles. The van der Waals surface area contributed by atoms with Crippen molar-refractivity contribution in [1.29, 1.82) is 0 Å². The van der Waals surface area contributed by atoms with Crippen molar-refractivity contribution in [1.82, 2.24) is 0 Å². The first-order chi connectivity index (χ1) is 14.3. The summed E-state index contributed by atoms with van der Waals surface area (Å²) in [4.78, 5) is 12.1. The molecule has 0 amide bonds.